The van der Waals surface area contributed by atoms with Crippen LogP contribution in [0.2, 0.25) is 0 Å². The molecular formula is C24H22FN3O3. The maximum atomic E-state index is 13.2. The monoisotopic (exact) mass is 419 g/mol. The summed E-state index contributed by atoms with van der Waals surface area (Å²) in [5.74, 6) is -1.44. The Bertz CT molecular complexity index is 1110. The molecule has 0 fully saturated rings. The zero-order chi connectivity index (χ0) is 22.2. The first kappa shape index (κ1) is 21.7. The third-order valence-corrected chi connectivity index (χ3v) is 4.46. The zero-order valence-electron chi connectivity index (χ0n) is 17.2. The molecule has 0 saturated carbocycles. The zero-order valence-corrected chi connectivity index (χ0v) is 17.2. The summed E-state index contributed by atoms with van der Waals surface area (Å²) in [7, 11) is 0. The molecule has 0 spiro atoms. The van der Waals surface area contributed by atoms with Crippen LogP contribution < -0.4 is 15.5 Å². The molecule has 0 bridgehead atoms. The number of carbonyl (C=O) groups is 2. The maximum Gasteiger partial charge on any atom is 0.329 e. The number of nitrogens with one attached hydrogen (secondary N) is 2. The number of ether oxygens (including phenoxy) is 1. The van der Waals surface area contributed by atoms with Gasteiger partial charge in [-0.1, -0.05) is 42.5 Å². The number of aryl methyl sites for hydroxylation is 2. The normalized spacial score (nSPS) is 10.7. The Balaban J connectivity index is 1.55. The second-order valence-electron chi connectivity index (χ2n) is 6.91. The highest BCUT2D eigenvalue weighted by Gasteiger charge is 2.15. The lowest BCUT2D eigenvalue weighted by molar-refractivity contribution is -0.136. The predicted octanol–water partition coefficient (Wildman–Crippen LogP) is 4.11. The number of anilines is 1. The van der Waals surface area contributed by atoms with Crippen molar-refractivity contribution in [1.82, 2.24) is 5.43 Å². The van der Waals surface area contributed by atoms with Crippen LogP contribution in [-0.2, 0) is 16.2 Å². The van der Waals surface area contributed by atoms with Gasteiger partial charge in [0.25, 0.3) is 0 Å². The van der Waals surface area contributed by atoms with Crippen molar-refractivity contribution in [3.05, 3.63) is 94.8 Å². The van der Waals surface area contributed by atoms with Crippen molar-refractivity contribution in [2.45, 2.75) is 20.5 Å². The van der Waals surface area contributed by atoms with Crippen LogP contribution in [0.15, 0.2) is 71.8 Å². The molecule has 3 aromatic rings. The molecule has 158 valence electrons. The van der Waals surface area contributed by atoms with Gasteiger partial charge in [0.05, 0.1) is 6.21 Å². The first-order chi connectivity index (χ1) is 14.9. The lowest BCUT2D eigenvalue weighted by atomic mass is 10.1. The third kappa shape index (κ3) is 6.24. The fraction of sp³-hybridized carbons (Fsp3) is 0.125. The van der Waals surface area contributed by atoms with Gasteiger partial charge in [0.1, 0.15) is 18.2 Å². The molecule has 0 atom stereocenters. The summed E-state index contributed by atoms with van der Waals surface area (Å²) in [5.41, 5.74) is 5.91. The van der Waals surface area contributed by atoms with Crippen molar-refractivity contribution in [2.75, 3.05) is 5.32 Å². The van der Waals surface area contributed by atoms with Crippen LogP contribution in [0.5, 0.6) is 5.75 Å². The maximum absolute atomic E-state index is 13.2. The fourth-order valence-corrected chi connectivity index (χ4v) is 2.88. The number of benzene rings is 3. The second-order valence-corrected chi connectivity index (χ2v) is 6.91. The molecule has 3 rings (SSSR count). The molecule has 0 saturated heterocycles. The first-order valence-electron chi connectivity index (χ1n) is 9.60. The van der Waals surface area contributed by atoms with Crippen molar-refractivity contribution in [1.29, 1.82) is 0 Å². The number of nitrogens with zero attached hydrogens (tertiary/aromatic N) is 1. The van der Waals surface area contributed by atoms with Crippen LogP contribution in [0.4, 0.5) is 10.1 Å². The highest BCUT2D eigenvalue weighted by molar-refractivity contribution is 6.39. The fourth-order valence-electron chi connectivity index (χ4n) is 2.88. The Kier molecular flexibility index (Phi) is 7.11. The minimum Gasteiger partial charge on any atom is -0.489 e. The van der Waals surface area contributed by atoms with Gasteiger partial charge in [-0.05, 0) is 60.4 Å². The van der Waals surface area contributed by atoms with E-state index in [4.69, 9.17) is 4.74 Å². The standard InChI is InChI=1S/C24H22FN3O3/c1-16-6-3-7-17(2)22(16)27-23(29)24(30)28-26-14-18-8-5-11-21(13-18)31-15-19-9-4-10-20(25)12-19/h3-14H,15H2,1-2H3,(H,27,29)(H,28,30)/b26-14-. The molecule has 0 unspecified atom stereocenters. The van der Waals surface area contributed by atoms with Crippen LogP contribution in [-0.4, -0.2) is 18.0 Å². The van der Waals surface area contributed by atoms with Crippen molar-refractivity contribution < 1.29 is 18.7 Å². The van der Waals surface area contributed by atoms with Crippen LogP contribution in [0.25, 0.3) is 0 Å². The molecule has 0 aliphatic heterocycles. The number of rotatable bonds is 6. The van der Waals surface area contributed by atoms with E-state index in [1.165, 1.54) is 18.3 Å². The number of hydrogen-bond donors (Lipinski definition) is 2. The van der Waals surface area contributed by atoms with Gasteiger partial charge in [-0.15, -0.1) is 0 Å². The lowest BCUT2D eigenvalue weighted by Gasteiger charge is -2.10. The number of carbonyl (C=O) groups excluding carboxylic acids is 2. The Hall–Kier alpha value is -4.00. The summed E-state index contributed by atoms with van der Waals surface area (Å²) < 4.78 is 18.9. The molecule has 3 aromatic carbocycles. The van der Waals surface area contributed by atoms with Crippen LogP contribution in [0, 0.1) is 19.7 Å². The molecule has 0 radical (unpaired) electrons. The average molecular weight is 419 g/mol. The van der Waals surface area contributed by atoms with Crippen molar-refractivity contribution in [3.8, 4) is 5.75 Å². The topological polar surface area (TPSA) is 79.8 Å². The van der Waals surface area contributed by atoms with Gasteiger partial charge in [0.2, 0.25) is 0 Å². The highest BCUT2D eigenvalue weighted by atomic mass is 19.1. The van der Waals surface area contributed by atoms with Crippen molar-refractivity contribution >= 4 is 23.7 Å². The van der Waals surface area contributed by atoms with Crippen LogP contribution >= 0.6 is 0 Å². The van der Waals surface area contributed by atoms with Crippen molar-refractivity contribution in [3.63, 3.8) is 0 Å². The van der Waals surface area contributed by atoms with Gasteiger partial charge >= 0.3 is 11.8 Å². The van der Waals surface area contributed by atoms with E-state index in [-0.39, 0.29) is 12.4 Å². The van der Waals surface area contributed by atoms with E-state index < -0.39 is 11.8 Å². The Labute approximate surface area is 179 Å². The van der Waals surface area contributed by atoms with E-state index in [1.807, 2.05) is 32.0 Å². The first-order valence-corrected chi connectivity index (χ1v) is 9.60. The largest absolute Gasteiger partial charge is 0.489 e. The molecule has 31 heavy (non-hydrogen) atoms. The average Bonchev–Trinajstić information content (AvgIpc) is 2.75. The Morgan fingerprint density at radius 1 is 0.968 bits per heavy atom. The van der Waals surface area contributed by atoms with E-state index in [1.54, 1.807) is 36.4 Å². The minimum atomic E-state index is -0.877. The SMILES string of the molecule is Cc1cccc(C)c1NC(=O)C(=O)N/N=C\c1cccc(OCc2cccc(F)c2)c1. The molecule has 0 aliphatic carbocycles. The summed E-state index contributed by atoms with van der Waals surface area (Å²) in [5, 5.41) is 6.43. The van der Waals surface area contributed by atoms with Gasteiger partial charge < -0.3 is 10.1 Å². The van der Waals surface area contributed by atoms with Gasteiger partial charge in [-0.2, -0.15) is 5.10 Å². The minimum absolute atomic E-state index is 0.216. The molecule has 0 aliphatic rings. The van der Waals surface area contributed by atoms with Gasteiger partial charge in [-0.25, -0.2) is 9.82 Å². The van der Waals surface area contributed by atoms with E-state index in [9.17, 15) is 14.0 Å². The quantitative estimate of drug-likeness (QED) is 0.359. The lowest BCUT2D eigenvalue weighted by Crippen LogP contribution is -2.32. The smallest absolute Gasteiger partial charge is 0.329 e. The van der Waals surface area contributed by atoms with Gasteiger partial charge in [0.15, 0.2) is 0 Å². The second kappa shape index (κ2) is 10.2. The number of hydrogen-bond acceptors (Lipinski definition) is 4. The Morgan fingerprint density at radius 3 is 2.42 bits per heavy atom. The van der Waals surface area contributed by atoms with Crippen LogP contribution in [0.1, 0.15) is 22.3 Å². The number of hydrazone groups is 1. The molecule has 2 amide bonds. The molecule has 0 heterocycles. The molecule has 6 nitrogen and oxygen atoms in total. The van der Waals surface area contributed by atoms with Gasteiger partial charge in [0, 0.05) is 5.69 Å². The van der Waals surface area contributed by atoms with E-state index in [0.717, 1.165) is 11.1 Å². The molecule has 2 N–H and O–H groups in total. The number of para-hydroxylation sites is 1. The van der Waals surface area contributed by atoms with E-state index >= 15 is 0 Å². The Morgan fingerprint density at radius 2 is 1.68 bits per heavy atom. The summed E-state index contributed by atoms with van der Waals surface area (Å²) >= 11 is 0. The molecular weight excluding hydrogens is 397 g/mol. The summed E-state index contributed by atoms with van der Waals surface area (Å²) in [4.78, 5) is 24.1. The van der Waals surface area contributed by atoms with Crippen molar-refractivity contribution in [2.24, 2.45) is 5.10 Å². The summed E-state index contributed by atoms with van der Waals surface area (Å²) in [6.45, 7) is 3.91. The van der Waals surface area contributed by atoms with E-state index in [2.05, 4.69) is 15.8 Å². The number of halogens is 1. The summed E-state index contributed by atoms with van der Waals surface area (Å²) in [6.07, 6.45) is 1.40. The highest BCUT2D eigenvalue weighted by Crippen LogP contribution is 2.19. The molecule has 0 aromatic heterocycles. The number of amides is 2. The molecule has 7 heteroatoms. The summed E-state index contributed by atoms with van der Waals surface area (Å²) in [6, 6.07) is 18.7. The third-order valence-electron chi connectivity index (χ3n) is 4.46. The predicted molar refractivity (Wildman–Crippen MR) is 117 cm³/mol. The van der Waals surface area contributed by atoms with Gasteiger partial charge in [-0.3, -0.25) is 9.59 Å². The van der Waals surface area contributed by atoms with E-state index in [0.29, 0.717) is 22.6 Å². The van der Waals surface area contributed by atoms with Crippen LogP contribution in [0.3, 0.4) is 0 Å².